The average molecular weight is 310 g/mol. The van der Waals surface area contributed by atoms with Crippen molar-refractivity contribution in [3.05, 3.63) is 0 Å². The highest BCUT2D eigenvalue weighted by Crippen LogP contribution is 2.64. The number of carbonyl (C=O) groups is 1. The van der Waals surface area contributed by atoms with Gasteiger partial charge in [-0.1, -0.05) is 0 Å². The maximum atomic E-state index is 11.7. The van der Waals surface area contributed by atoms with Crippen LogP contribution in [-0.4, -0.2) is 57.1 Å². The third kappa shape index (κ3) is 2.37. The van der Waals surface area contributed by atoms with E-state index in [1.807, 2.05) is 0 Å². The molecule has 6 nitrogen and oxygen atoms in total. The Balaban J connectivity index is 1.55. The topological polar surface area (TPSA) is 107 Å². The smallest absolute Gasteiger partial charge is 0.324 e. The highest BCUT2D eigenvalue weighted by molar-refractivity contribution is 5.81. The van der Waals surface area contributed by atoms with Crippen LogP contribution in [0.25, 0.3) is 0 Å². The number of hydrogen-bond acceptors (Lipinski definition) is 5. The average Bonchev–Trinajstić information content (AvgIpc) is 3.30. The molecule has 4 aliphatic rings. The van der Waals surface area contributed by atoms with Crippen LogP contribution in [-0.2, 0) is 4.79 Å². The van der Waals surface area contributed by atoms with Gasteiger partial charge < -0.3 is 21.1 Å². The number of aliphatic hydroxyl groups is 2. The molecule has 0 aromatic rings. The first-order chi connectivity index (χ1) is 10.4. The molecule has 0 amide bonds. The van der Waals surface area contributed by atoms with Gasteiger partial charge in [0.2, 0.25) is 0 Å². The van der Waals surface area contributed by atoms with E-state index in [0.717, 1.165) is 24.9 Å². The maximum absolute atomic E-state index is 11.7. The Morgan fingerprint density at radius 2 is 1.73 bits per heavy atom. The van der Waals surface area contributed by atoms with Crippen molar-refractivity contribution >= 4 is 5.97 Å². The summed E-state index contributed by atoms with van der Waals surface area (Å²) in [6, 6.07) is 0.0964. The summed E-state index contributed by atoms with van der Waals surface area (Å²) in [5, 5.41) is 28.7. The summed E-state index contributed by atoms with van der Waals surface area (Å²) in [6.07, 6.45) is 4.05. The summed E-state index contributed by atoms with van der Waals surface area (Å²) in [5.41, 5.74) is 4.89. The van der Waals surface area contributed by atoms with Gasteiger partial charge in [-0.25, -0.2) is 0 Å². The molecule has 6 heteroatoms. The van der Waals surface area contributed by atoms with Crippen molar-refractivity contribution in [2.24, 2.45) is 35.3 Å². The van der Waals surface area contributed by atoms with E-state index in [9.17, 15) is 20.1 Å². The van der Waals surface area contributed by atoms with Crippen molar-refractivity contribution in [1.82, 2.24) is 4.90 Å². The summed E-state index contributed by atoms with van der Waals surface area (Å²) in [6.45, 7) is 2.04. The van der Waals surface area contributed by atoms with Crippen molar-refractivity contribution < 1.29 is 20.1 Å². The Hall–Kier alpha value is -0.690. The van der Waals surface area contributed by atoms with Crippen molar-refractivity contribution in [2.45, 2.75) is 50.0 Å². The number of rotatable bonds is 7. The lowest BCUT2D eigenvalue weighted by Crippen LogP contribution is -2.53. The first-order valence-electron chi connectivity index (χ1n) is 8.54. The van der Waals surface area contributed by atoms with Crippen LogP contribution in [0.2, 0.25) is 0 Å². The molecule has 0 saturated heterocycles. The van der Waals surface area contributed by atoms with E-state index in [2.05, 4.69) is 4.90 Å². The predicted molar refractivity (Wildman–Crippen MR) is 78.7 cm³/mol. The second-order valence-corrected chi connectivity index (χ2v) is 8.05. The number of nitrogens with zero attached hydrogens (tertiary/aromatic N) is 1. The van der Waals surface area contributed by atoms with E-state index in [0.29, 0.717) is 6.42 Å². The van der Waals surface area contributed by atoms with E-state index < -0.39 is 17.8 Å². The largest absolute Gasteiger partial charge is 0.480 e. The second-order valence-electron chi connectivity index (χ2n) is 8.05. The number of fused-ring (bicyclic) bond motifs is 1. The zero-order valence-corrected chi connectivity index (χ0v) is 12.8. The van der Waals surface area contributed by atoms with Gasteiger partial charge in [-0.2, -0.15) is 0 Å². The molecule has 22 heavy (non-hydrogen) atoms. The summed E-state index contributed by atoms with van der Waals surface area (Å²) >= 11 is 0. The van der Waals surface area contributed by atoms with Crippen LogP contribution in [0.5, 0.6) is 0 Å². The lowest BCUT2D eigenvalue weighted by Gasteiger charge is -2.34. The maximum Gasteiger partial charge on any atom is 0.324 e. The van der Waals surface area contributed by atoms with Gasteiger partial charge in [0.1, 0.15) is 5.54 Å². The molecule has 4 aliphatic carbocycles. The molecular weight excluding hydrogens is 284 g/mol. The Kier molecular flexibility index (Phi) is 3.31. The molecule has 4 rings (SSSR count). The quantitative estimate of drug-likeness (QED) is 0.487. The van der Waals surface area contributed by atoms with Gasteiger partial charge in [0, 0.05) is 31.0 Å². The molecule has 0 spiro atoms. The SMILES string of the molecule is NC1(C(=O)O)CC(N(CC2CC2)CC2CC2)C2C(C(O)O)C21. The zero-order chi connectivity index (χ0) is 15.6. The Bertz CT molecular complexity index is 463. The molecule has 0 aromatic carbocycles. The van der Waals surface area contributed by atoms with Crippen LogP contribution in [0.4, 0.5) is 0 Å². The van der Waals surface area contributed by atoms with Crippen LogP contribution in [0.3, 0.4) is 0 Å². The minimum atomic E-state index is -1.45. The molecular formula is C16H26N2O4. The summed E-state index contributed by atoms with van der Waals surface area (Å²) in [7, 11) is 0. The van der Waals surface area contributed by atoms with Gasteiger partial charge >= 0.3 is 5.97 Å². The van der Waals surface area contributed by atoms with Gasteiger partial charge in [-0.05, 0) is 49.9 Å². The number of carboxylic acids is 1. The molecule has 5 N–H and O–H groups in total. The number of aliphatic hydroxyl groups excluding tert-OH is 1. The van der Waals surface area contributed by atoms with Crippen LogP contribution in [0.15, 0.2) is 0 Å². The Labute approximate surface area is 130 Å². The number of aliphatic carboxylic acids is 1. The fourth-order valence-corrected chi connectivity index (χ4v) is 4.76. The van der Waals surface area contributed by atoms with Crippen molar-refractivity contribution in [3.8, 4) is 0 Å². The fourth-order valence-electron chi connectivity index (χ4n) is 4.76. The molecule has 5 unspecified atom stereocenters. The minimum Gasteiger partial charge on any atom is -0.480 e. The van der Waals surface area contributed by atoms with Crippen LogP contribution in [0.1, 0.15) is 32.1 Å². The third-order valence-corrected chi connectivity index (χ3v) is 6.31. The number of hydrogen-bond donors (Lipinski definition) is 4. The van der Waals surface area contributed by atoms with Crippen molar-refractivity contribution in [3.63, 3.8) is 0 Å². The fraction of sp³-hybridized carbons (Fsp3) is 0.938. The van der Waals surface area contributed by atoms with Crippen LogP contribution < -0.4 is 5.73 Å². The van der Waals surface area contributed by atoms with E-state index >= 15 is 0 Å². The Morgan fingerprint density at radius 1 is 1.18 bits per heavy atom. The van der Waals surface area contributed by atoms with Crippen molar-refractivity contribution in [2.75, 3.05) is 13.1 Å². The van der Waals surface area contributed by atoms with E-state index in [-0.39, 0.29) is 23.8 Å². The van der Waals surface area contributed by atoms with Gasteiger partial charge in [-0.15, -0.1) is 0 Å². The lowest BCUT2D eigenvalue weighted by atomic mass is 9.89. The van der Waals surface area contributed by atoms with Crippen LogP contribution in [0, 0.1) is 29.6 Å². The molecule has 0 radical (unpaired) electrons. The third-order valence-electron chi connectivity index (χ3n) is 6.31. The first kappa shape index (κ1) is 14.9. The van der Waals surface area contributed by atoms with E-state index in [1.165, 1.54) is 25.7 Å². The van der Waals surface area contributed by atoms with Gasteiger partial charge in [0.15, 0.2) is 6.29 Å². The summed E-state index contributed by atoms with van der Waals surface area (Å²) < 4.78 is 0. The summed E-state index contributed by atoms with van der Waals surface area (Å²) in [5.74, 6) is -0.154. The van der Waals surface area contributed by atoms with Gasteiger partial charge in [0.05, 0.1) is 0 Å². The normalized spacial score (nSPS) is 43.7. The molecule has 4 fully saturated rings. The summed E-state index contributed by atoms with van der Waals surface area (Å²) in [4.78, 5) is 14.1. The zero-order valence-electron chi connectivity index (χ0n) is 12.8. The monoisotopic (exact) mass is 310 g/mol. The lowest BCUT2D eigenvalue weighted by molar-refractivity contribution is -0.145. The molecule has 124 valence electrons. The number of carboxylic acid groups (broad SMARTS) is 1. The van der Waals surface area contributed by atoms with Crippen LogP contribution >= 0.6 is 0 Å². The number of nitrogens with two attached hydrogens (primary N) is 1. The highest BCUT2D eigenvalue weighted by Gasteiger charge is 2.73. The van der Waals surface area contributed by atoms with Gasteiger partial charge in [0.25, 0.3) is 0 Å². The standard InChI is InChI=1S/C16H26N2O4/c17-16(15(21)22)5-10(11-12(13(11)16)14(19)20)18(6-8-1-2-8)7-9-3-4-9/h8-14,19-20H,1-7,17H2,(H,21,22). The Morgan fingerprint density at radius 3 is 2.14 bits per heavy atom. The van der Waals surface area contributed by atoms with E-state index in [1.54, 1.807) is 0 Å². The molecule has 0 bridgehead atoms. The first-order valence-corrected chi connectivity index (χ1v) is 8.54. The second kappa shape index (κ2) is 4.90. The predicted octanol–water partition coefficient (Wildman–Crippen LogP) is -0.164. The molecule has 0 aromatic heterocycles. The van der Waals surface area contributed by atoms with E-state index in [4.69, 9.17) is 5.73 Å². The molecule has 0 heterocycles. The van der Waals surface area contributed by atoms with Crippen molar-refractivity contribution in [1.29, 1.82) is 0 Å². The van der Waals surface area contributed by atoms with Gasteiger partial charge in [-0.3, -0.25) is 9.69 Å². The molecule has 0 aliphatic heterocycles. The molecule has 5 atom stereocenters. The molecule has 4 saturated carbocycles. The minimum absolute atomic E-state index is 0.0265. The highest BCUT2D eigenvalue weighted by atomic mass is 16.5.